The Labute approximate surface area is 194 Å². The van der Waals surface area contributed by atoms with E-state index in [1.165, 1.54) is 6.26 Å². The molecule has 2 aromatic rings. The Bertz CT molecular complexity index is 944. The highest BCUT2D eigenvalue weighted by Crippen LogP contribution is 2.42. The number of amides is 1. The van der Waals surface area contributed by atoms with Crippen molar-refractivity contribution in [2.45, 2.75) is 69.2 Å². The first-order valence-corrected chi connectivity index (χ1v) is 11.9. The molecule has 2 aliphatic rings. The summed E-state index contributed by atoms with van der Waals surface area (Å²) in [7, 11) is 1.86. The second kappa shape index (κ2) is 9.65. The summed E-state index contributed by atoms with van der Waals surface area (Å²) < 4.78 is 11.2. The van der Waals surface area contributed by atoms with Gasteiger partial charge in [-0.05, 0) is 31.2 Å². The summed E-state index contributed by atoms with van der Waals surface area (Å²) >= 11 is 0. The molecule has 33 heavy (non-hydrogen) atoms. The Morgan fingerprint density at radius 2 is 1.82 bits per heavy atom. The topological polar surface area (TPSA) is 116 Å². The van der Waals surface area contributed by atoms with E-state index < -0.39 is 29.7 Å². The van der Waals surface area contributed by atoms with Crippen LogP contribution in [-0.2, 0) is 19.9 Å². The first-order valence-electron chi connectivity index (χ1n) is 11.9. The molecule has 1 aliphatic heterocycles. The van der Waals surface area contributed by atoms with Crippen molar-refractivity contribution in [1.82, 2.24) is 5.16 Å². The first-order chi connectivity index (χ1) is 15.9. The number of piperidine rings is 1. The summed E-state index contributed by atoms with van der Waals surface area (Å²) in [5, 5.41) is 15.9. The number of aliphatic hydroxyl groups is 1. The van der Waals surface area contributed by atoms with E-state index in [-0.39, 0.29) is 10.4 Å². The lowest BCUT2D eigenvalue weighted by atomic mass is 9.73. The molecule has 1 aromatic carbocycles. The molecule has 4 atom stereocenters. The third kappa shape index (κ3) is 4.42. The Hall–Kier alpha value is -2.71. The highest BCUT2D eigenvalue weighted by Gasteiger charge is 2.53. The third-order valence-electron chi connectivity index (χ3n) is 7.56. The van der Waals surface area contributed by atoms with Crippen LogP contribution in [0, 0.1) is 5.92 Å². The van der Waals surface area contributed by atoms with Crippen LogP contribution in [0.3, 0.4) is 0 Å². The molecule has 2 fully saturated rings. The van der Waals surface area contributed by atoms with E-state index in [1.54, 1.807) is 18.2 Å². The Morgan fingerprint density at radius 1 is 1.12 bits per heavy atom. The van der Waals surface area contributed by atoms with Gasteiger partial charge in [-0.3, -0.25) is 9.28 Å². The van der Waals surface area contributed by atoms with Crippen LogP contribution in [-0.4, -0.2) is 46.4 Å². The van der Waals surface area contributed by atoms with E-state index in [9.17, 15) is 14.7 Å². The summed E-state index contributed by atoms with van der Waals surface area (Å²) in [6.45, 7) is 0.589. The molecular weight excluding hydrogens is 422 g/mol. The van der Waals surface area contributed by atoms with Gasteiger partial charge in [0, 0.05) is 18.4 Å². The largest absolute Gasteiger partial charge is 0.410 e. The summed E-state index contributed by atoms with van der Waals surface area (Å²) in [4.78, 5) is 26.3. The monoisotopic (exact) mass is 456 g/mol. The molecule has 4 rings (SSSR count). The van der Waals surface area contributed by atoms with E-state index in [4.69, 9.17) is 15.0 Å². The van der Waals surface area contributed by atoms with Crippen LogP contribution in [0.5, 0.6) is 0 Å². The maximum Gasteiger partial charge on any atom is 0.347 e. The fraction of sp³-hybridized carbons (Fsp3) is 0.560. The van der Waals surface area contributed by atoms with Crippen molar-refractivity contribution in [2.75, 3.05) is 13.6 Å². The van der Waals surface area contributed by atoms with Crippen LogP contribution in [0.2, 0.25) is 0 Å². The number of carbonyl (C=O) groups excluding carboxylic acids is 2. The number of nitrogens with zero attached hydrogens (tertiary/aromatic N) is 2. The second-order valence-corrected chi connectivity index (χ2v) is 9.62. The van der Waals surface area contributed by atoms with Crippen LogP contribution >= 0.6 is 0 Å². The van der Waals surface area contributed by atoms with Crippen molar-refractivity contribution in [3.05, 3.63) is 53.9 Å². The number of esters is 1. The number of primary amides is 1. The zero-order chi connectivity index (χ0) is 23.5. The highest BCUT2D eigenvalue weighted by atomic mass is 16.6. The number of nitrogens with two attached hydrogens (primary N) is 1. The number of carbonyl (C=O) groups is 2. The quantitative estimate of drug-likeness (QED) is 0.488. The molecule has 2 heterocycles. The van der Waals surface area contributed by atoms with Crippen LogP contribution in [0.25, 0.3) is 0 Å². The number of benzene rings is 1. The lowest BCUT2D eigenvalue weighted by Gasteiger charge is -2.47. The van der Waals surface area contributed by atoms with Crippen molar-refractivity contribution in [1.29, 1.82) is 0 Å². The molecule has 1 amide bonds. The number of ether oxygens (including phenoxy) is 1. The molecule has 1 saturated heterocycles. The molecule has 3 N–H and O–H groups in total. The van der Waals surface area contributed by atoms with Crippen LogP contribution in [0.4, 0.5) is 0 Å². The van der Waals surface area contributed by atoms with Crippen LogP contribution in [0.15, 0.2) is 47.2 Å². The number of aromatic nitrogens is 1. The summed E-state index contributed by atoms with van der Waals surface area (Å²) in [5.41, 5.74) is 5.03. The first kappa shape index (κ1) is 23.4. The molecule has 0 bridgehead atoms. The van der Waals surface area contributed by atoms with Gasteiger partial charge < -0.3 is 20.1 Å². The van der Waals surface area contributed by atoms with Gasteiger partial charge in [0.1, 0.15) is 6.26 Å². The molecule has 0 spiro atoms. The van der Waals surface area contributed by atoms with Gasteiger partial charge in [-0.1, -0.05) is 54.8 Å². The average molecular weight is 457 g/mol. The minimum absolute atomic E-state index is 0.0865. The Morgan fingerprint density at radius 3 is 2.45 bits per heavy atom. The SMILES string of the molecule is C[N+]1(C(C(N)=O)c2ccon2)CCCCC1OC(=O)C(O)(c1ccccc1)C1CCCCC1. The maximum atomic E-state index is 13.8. The maximum absolute atomic E-state index is 13.8. The molecule has 1 saturated carbocycles. The van der Waals surface area contributed by atoms with E-state index in [2.05, 4.69) is 5.16 Å². The highest BCUT2D eigenvalue weighted by molar-refractivity contribution is 5.82. The smallest absolute Gasteiger partial charge is 0.347 e. The van der Waals surface area contributed by atoms with Crippen molar-refractivity contribution < 1.29 is 28.4 Å². The number of likely N-dealkylation sites (tertiary alicyclic amines) is 1. The zero-order valence-electron chi connectivity index (χ0n) is 19.2. The van der Waals surface area contributed by atoms with Gasteiger partial charge in [-0.25, -0.2) is 4.79 Å². The predicted octanol–water partition coefficient (Wildman–Crippen LogP) is 3.17. The minimum atomic E-state index is -1.74. The van der Waals surface area contributed by atoms with Gasteiger partial charge in [-0.15, -0.1) is 0 Å². The zero-order valence-corrected chi connectivity index (χ0v) is 19.2. The second-order valence-electron chi connectivity index (χ2n) is 9.62. The Kier molecular flexibility index (Phi) is 6.86. The number of rotatable bonds is 7. The number of likely N-dealkylation sites (N-methyl/N-ethyl adjacent to an activating group) is 1. The van der Waals surface area contributed by atoms with Gasteiger partial charge in [0.2, 0.25) is 12.3 Å². The molecule has 8 heteroatoms. The van der Waals surface area contributed by atoms with Crippen molar-refractivity contribution in [2.24, 2.45) is 11.7 Å². The average Bonchev–Trinajstić information content (AvgIpc) is 3.35. The molecule has 1 aromatic heterocycles. The molecule has 178 valence electrons. The number of hydrogen-bond acceptors (Lipinski definition) is 6. The third-order valence-corrected chi connectivity index (χ3v) is 7.56. The molecular formula is C25H34N3O5+. The standard InChI is InChI=1S/C25H33N3O5/c1-28(22(23(26)29)20-15-17-32-27-20)16-9-8-14-21(28)33-24(30)25(31,18-10-4-2-5-11-18)19-12-6-3-7-13-19/h2,4-5,10-11,15,17,19,21-22,31H,3,6-9,12-14,16H2,1H3,(H-,26,29)/p+1. The van der Waals surface area contributed by atoms with Gasteiger partial charge >= 0.3 is 5.97 Å². The van der Waals surface area contributed by atoms with E-state index in [0.29, 0.717) is 24.2 Å². The summed E-state index contributed by atoms with van der Waals surface area (Å²) in [5.74, 6) is -1.42. The molecule has 4 unspecified atom stereocenters. The normalized spacial score (nSPS) is 26.8. The minimum Gasteiger partial charge on any atom is -0.410 e. The molecule has 1 aliphatic carbocycles. The lowest BCUT2D eigenvalue weighted by Crippen LogP contribution is -2.62. The van der Waals surface area contributed by atoms with Crippen molar-refractivity contribution >= 4 is 11.9 Å². The van der Waals surface area contributed by atoms with Gasteiger partial charge in [0.25, 0.3) is 5.91 Å². The fourth-order valence-corrected chi connectivity index (χ4v) is 5.73. The van der Waals surface area contributed by atoms with Crippen molar-refractivity contribution in [3.8, 4) is 0 Å². The Balaban J connectivity index is 1.67. The van der Waals surface area contributed by atoms with E-state index >= 15 is 0 Å². The predicted molar refractivity (Wildman–Crippen MR) is 120 cm³/mol. The van der Waals surface area contributed by atoms with Crippen LogP contribution < -0.4 is 5.73 Å². The van der Waals surface area contributed by atoms with Gasteiger partial charge in [-0.2, -0.15) is 0 Å². The van der Waals surface area contributed by atoms with Gasteiger partial charge in [0.05, 0.1) is 13.6 Å². The number of quaternary nitrogens is 1. The van der Waals surface area contributed by atoms with E-state index in [1.807, 2.05) is 25.2 Å². The number of hydrogen-bond donors (Lipinski definition) is 2. The molecule has 0 radical (unpaired) electrons. The fourth-order valence-electron chi connectivity index (χ4n) is 5.73. The lowest BCUT2D eigenvalue weighted by molar-refractivity contribution is -0.976. The van der Waals surface area contributed by atoms with Crippen LogP contribution in [0.1, 0.15) is 68.7 Å². The summed E-state index contributed by atoms with van der Waals surface area (Å²) in [6.07, 6.45) is 7.62. The van der Waals surface area contributed by atoms with Gasteiger partial charge in [0.15, 0.2) is 11.3 Å². The van der Waals surface area contributed by atoms with E-state index in [0.717, 1.165) is 44.9 Å². The summed E-state index contributed by atoms with van der Waals surface area (Å²) in [6, 6.07) is 9.88. The van der Waals surface area contributed by atoms with Crippen molar-refractivity contribution in [3.63, 3.8) is 0 Å². The molecule has 8 nitrogen and oxygen atoms in total.